The van der Waals surface area contributed by atoms with E-state index in [1.165, 1.54) is 18.3 Å². The van der Waals surface area contributed by atoms with Crippen LogP contribution in [-0.2, 0) is 40.0 Å². The third kappa shape index (κ3) is 16.7. The summed E-state index contributed by atoms with van der Waals surface area (Å²) in [5.74, 6) is -2.49. The molecule has 0 spiro atoms. The molecule has 1 aliphatic carbocycles. The normalized spacial score (nSPS) is 16.3. The van der Waals surface area contributed by atoms with E-state index in [0.717, 1.165) is 16.3 Å². The van der Waals surface area contributed by atoms with Gasteiger partial charge in [0, 0.05) is 38.0 Å². The molecule has 13 N–H and O–H groups in total. The topological polar surface area (TPSA) is 358 Å². The van der Waals surface area contributed by atoms with E-state index in [4.69, 9.17) is 10.9 Å². The fraction of sp³-hybridized carbons (Fsp3) is 0.442. The van der Waals surface area contributed by atoms with Crippen LogP contribution in [0.25, 0.3) is 10.8 Å². The number of carbonyl (C=O) groups is 9. The summed E-state index contributed by atoms with van der Waals surface area (Å²) in [7, 11) is 0. The number of carboxylic acids is 4. The Balaban J connectivity index is 1.29. The number of rotatable bonds is 25. The molecule has 4 rings (SSSR count). The van der Waals surface area contributed by atoms with Crippen molar-refractivity contribution in [3.63, 3.8) is 0 Å². The van der Waals surface area contributed by atoms with Gasteiger partial charge in [-0.2, -0.15) is 0 Å². The molecule has 0 radical (unpaired) electrons. The minimum atomic E-state index is -1.55. The van der Waals surface area contributed by atoms with E-state index in [-0.39, 0.29) is 56.2 Å². The van der Waals surface area contributed by atoms with E-state index in [9.17, 15) is 58.5 Å². The zero-order chi connectivity index (χ0) is 47.5. The fourth-order valence-electron chi connectivity index (χ4n) is 7.29. The number of nitrogens with two attached hydrogens (primary N) is 1. The van der Waals surface area contributed by atoms with Gasteiger partial charge in [-0.15, -0.1) is 0 Å². The van der Waals surface area contributed by atoms with Gasteiger partial charge in [0.05, 0.1) is 12.0 Å². The number of carboxylic acid groups (broad SMARTS) is 4. The lowest BCUT2D eigenvalue weighted by Gasteiger charge is -2.29. The van der Waals surface area contributed by atoms with Gasteiger partial charge in [-0.3, -0.25) is 28.8 Å². The summed E-state index contributed by atoms with van der Waals surface area (Å²) in [6.45, 7) is 0.281. The molecule has 65 heavy (non-hydrogen) atoms. The zero-order valence-corrected chi connectivity index (χ0v) is 35.4. The SMILES string of the molecule is NNc1ccc(C(=O)NC(CC(=O)O)C(=O)NCC2CCC(C(=O)NC(Cc3ccc4ccccc4c3)C(=O)NCCCCC(NC(=O)NC(CCC(=O)O)C(=O)O)C(=O)O)CC2)cn1. The second-order valence-corrected chi connectivity index (χ2v) is 15.7. The lowest BCUT2D eigenvalue weighted by molar-refractivity contribution is -0.141. The average molecular weight is 906 g/mol. The third-order valence-corrected chi connectivity index (χ3v) is 10.9. The first kappa shape index (κ1) is 50.3. The maximum Gasteiger partial charge on any atom is 0.326 e. The summed E-state index contributed by atoms with van der Waals surface area (Å²) >= 11 is 0. The molecule has 1 saturated carbocycles. The van der Waals surface area contributed by atoms with Crippen LogP contribution in [-0.4, -0.2) is 116 Å². The number of fused-ring (bicyclic) bond motifs is 1. The van der Waals surface area contributed by atoms with Crippen LogP contribution in [0.3, 0.4) is 0 Å². The molecule has 350 valence electrons. The maximum atomic E-state index is 13.7. The highest BCUT2D eigenvalue weighted by Crippen LogP contribution is 2.29. The van der Waals surface area contributed by atoms with Gasteiger partial charge >= 0.3 is 29.9 Å². The van der Waals surface area contributed by atoms with Gasteiger partial charge in [-0.25, -0.2) is 25.2 Å². The van der Waals surface area contributed by atoms with Crippen LogP contribution in [0.1, 0.15) is 80.1 Å². The summed E-state index contributed by atoms with van der Waals surface area (Å²) in [4.78, 5) is 115. The van der Waals surface area contributed by atoms with Gasteiger partial charge in [0.2, 0.25) is 17.7 Å². The molecule has 22 heteroatoms. The van der Waals surface area contributed by atoms with Gasteiger partial charge in [-0.1, -0.05) is 42.5 Å². The lowest BCUT2D eigenvalue weighted by Crippen LogP contribution is -2.51. The van der Waals surface area contributed by atoms with E-state index in [2.05, 4.69) is 42.3 Å². The zero-order valence-electron chi connectivity index (χ0n) is 35.4. The van der Waals surface area contributed by atoms with Crippen molar-refractivity contribution in [2.45, 2.75) is 94.8 Å². The van der Waals surface area contributed by atoms with Crippen LogP contribution in [0.15, 0.2) is 60.8 Å². The molecular formula is C43H55N9O13. The van der Waals surface area contributed by atoms with Gasteiger partial charge in [-0.05, 0) is 85.8 Å². The minimum Gasteiger partial charge on any atom is -0.481 e. The smallest absolute Gasteiger partial charge is 0.326 e. The van der Waals surface area contributed by atoms with E-state index in [1.807, 2.05) is 42.5 Å². The second kappa shape index (κ2) is 25.1. The van der Waals surface area contributed by atoms with E-state index in [0.29, 0.717) is 31.5 Å². The summed E-state index contributed by atoms with van der Waals surface area (Å²) in [5.41, 5.74) is 3.21. The van der Waals surface area contributed by atoms with Crippen LogP contribution in [0.2, 0.25) is 0 Å². The molecule has 4 atom stereocenters. The van der Waals surface area contributed by atoms with Gasteiger partial charge in [0.1, 0.15) is 30.0 Å². The number of urea groups is 1. The first-order chi connectivity index (χ1) is 31.0. The number of pyridine rings is 1. The number of nitrogens with zero attached hydrogens (tertiary/aromatic N) is 1. The highest BCUT2D eigenvalue weighted by Gasteiger charge is 2.31. The fourth-order valence-corrected chi connectivity index (χ4v) is 7.29. The van der Waals surface area contributed by atoms with Crippen LogP contribution in [0.5, 0.6) is 0 Å². The minimum absolute atomic E-state index is 0.0443. The van der Waals surface area contributed by atoms with Crippen LogP contribution >= 0.6 is 0 Å². The molecule has 22 nitrogen and oxygen atoms in total. The van der Waals surface area contributed by atoms with Crippen molar-refractivity contribution in [1.29, 1.82) is 0 Å². The van der Waals surface area contributed by atoms with E-state index in [1.54, 1.807) is 0 Å². The Labute approximate surface area is 372 Å². The molecule has 0 saturated heterocycles. The number of benzene rings is 2. The van der Waals surface area contributed by atoms with Crippen molar-refractivity contribution in [2.75, 3.05) is 18.5 Å². The number of aromatic nitrogens is 1. The van der Waals surface area contributed by atoms with Crippen molar-refractivity contribution in [1.82, 2.24) is 36.9 Å². The Morgan fingerprint density at radius 3 is 1.95 bits per heavy atom. The summed E-state index contributed by atoms with van der Waals surface area (Å²) in [6.07, 6.45) is 2.20. The number of nitrogens with one attached hydrogen (secondary N) is 7. The van der Waals surface area contributed by atoms with Crippen molar-refractivity contribution in [2.24, 2.45) is 17.7 Å². The quantitative estimate of drug-likeness (QED) is 0.0322. The molecule has 1 aliphatic rings. The molecule has 3 aromatic rings. The first-order valence-corrected chi connectivity index (χ1v) is 21.1. The predicted octanol–water partition coefficient (Wildman–Crippen LogP) is 1.10. The highest BCUT2D eigenvalue weighted by molar-refractivity contribution is 5.98. The Bertz CT molecular complexity index is 2180. The van der Waals surface area contributed by atoms with Crippen molar-refractivity contribution in [3.05, 3.63) is 71.9 Å². The number of amides is 6. The average Bonchev–Trinajstić information content (AvgIpc) is 3.28. The second-order valence-electron chi connectivity index (χ2n) is 15.7. The van der Waals surface area contributed by atoms with Gasteiger partial charge in [0.25, 0.3) is 5.91 Å². The van der Waals surface area contributed by atoms with Crippen molar-refractivity contribution in [3.8, 4) is 0 Å². The Morgan fingerprint density at radius 1 is 0.677 bits per heavy atom. The molecule has 4 unspecified atom stereocenters. The Kier molecular flexibility index (Phi) is 19.4. The standard InChI is InChI=1S/C43H55N9O13/c44-52-34-16-14-29(23-46-34)38(58)49-33(21-36(55)56)40(60)47-22-24-8-12-27(13-9-24)37(57)48-32(20-25-10-11-26-5-1-2-6-28(26)19-25)39(59)45-18-4-3-7-30(41(61)62)50-43(65)51-31(42(63)64)15-17-35(53)54/h1-2,5-6,10-11,14,16,19,23-24,27,30-33H,3-4,7-9,12-13,15,17-18,20-22,44H2,(H,45,59)(H,46,52)(H,47,60)(H,48,57)(H,49,58)(H,53,54)(H,55,56)(H,61,62)(H,63,64)(H2,50,51,65). The maximum absolute atomic E-state index is 13.7. The largest absolute Gasteiger partial charge is 0.481 e. The number of carbonyl (C=O) groups excluding carboxylic acids is 5. The van der Waals surface area contributed by atoms with Gasteiger partial charge in [0.15, 0.2) is 0 Å². The Morgan fingerprint density at radius 2 is 1.34 bits per heavy atom. The number of unbranched alkanes of at least 4 members (excludes halogenated alkanes) is 1. The van der Waals surface area contributed by atoms with E-state index >= 15 is 0 Å². The van der Waals surface area contributed by atoms with E-state index < -0.39 is 97.0 Å². The summed E-state index contributed by atoms with van der Waals surface area (Å²) in [5, 5.41) is 54.2. The number of hydrazine groups is 1. The number of aliphatic carboxylic acids is 4. The van der Waals surface area contributed by atoms with Gasteiger partial charge < -0.3 is 57.8 Å². The molecule has 2 aromatic carbocycles. The predicted molar refractivity (Wildman–Crippen MR) is 232 cm³/mol. The molecule has 6 amide bonds. The number of anilines is 1. The van der Waals surface area contributed by atoms with Crippen LogP contribution in [0.4, 0.5) is 10.6 Å². The lowest BCUT2D eigenvalue weighted by atomic mass is 9.81. The summed E-state index contributed by atoms with van der Waals surface area (Å²) < 4.78 is 0. The monoisotopic (exact) mass is 905 g/mol. The van der Waals surface area contributed by atoms with Crippen LogP contribution < -0.4 is 43.2 Å². The van der Waals surface area contributed by atoms with Crippen molar-refractivity contribution >= 4 is 70.1 Å². The molecule has 0 bridgehead atoms. The number of nitrogen functional groups attached to an aromatic ring is 1. The van der Waals surface area contributed by atoms with Crippen molar-refractivity contribution < 1.29 is 63.6 Å². The number of hydrogen-bond acceptors (Lipinski definition) is 12. The molecule has 1 heterocycles. The number of hydrogen-bond donors (Lipinski definition) is 12. The molecule has 1 fully saturated rings. The third-order valence-electron chi connectivity index (χ3n) is 10.9. The first-order valence-electron chi connectivity index (χ1n) is 21.1. The molecule has 0 aliphatic heterocycles. The molecule has 1 aromatic heterocycles. The summed E-state index contributed by atoms with van der Waals surface area (Å²) in [6, 6.07) is 9.85. The Hall–Kier alpha value is -7.36. The molecular weight excluding hydrogens is 851 g/mol. The van der Waals surface area contributed by atoms with Crippen LogP contribution in [0, 0.1) is 11.8 Å². The highest BCUT2D eigenvalue weighted by atomic mass is 16.4.